The molecule has 1 aromatic rings. The molecule has 0 unspecified atom stereocenters. The summed E-state index contributed by atoms with van der Waals surface area (Å²) in [6.45, 7) is 1.21. The number of pyridine rings is 1. The molecule has 0 spiro atoms. The highest BCUT2D eigenvalue weighted by atomic mass is 16.2. The smallest absolute Gasteiger partial charge is 0.225 e. The van der Waals surface area contributed by atoms with Crippen LogP contribution in [0.3, 0.4) is 0 Å². The fourth-order valence-corrected chi connectivity index (χ4v) is 6.77. The van der Waals surface area contributed by atoms with Gasteiger partial charge in [0.2, 0.25) is 11.8 Å². The van der Waals surface area contributed by atoms with E-state index in [-0.39, 0.29) is 23.3 Å². The van der Waals surface area contributed by atoms with Crippen molar-refractivity contribution in [3.8, 4) is 0 Å². The molecule has 5 fully saturated rings. The lowest BCUT2D eigenvalue weighted by molar-refractivity contribution is -0.140. The van der Waals surface area contributed by atoms with Crippen LogP contribution in [-0.2, 0) is 16.0 Å². The average Bonchev–Trinajstić information content (AvgIpc) is 2.66. The second-order valence-corrected chi connectivity index (χ2v) is 9.83. The first-order valence-corrected chi connectivity index (χ1v) is 11.1. The van der Waals surface area contributed by atoms with Crippen molar-refractivity contribution >= 4 is 11.8 Å². The second-order valence-electron chi connectivity index (χ2n) is 9.83. The summed E-state index contributed by atoms with van der Waals surface area (Å²) in [5.74, 6) is 2.79. The van der Waals surface area contributed by atoms with Crippen LogP contribution >= 0.6 is 0 Å². The third-order valence-corrected chi connectivity index (χ3v) is 7.66. The Kier molecular flexibility index (Phi) is 4.64. The lowest BCUT2D eigenvalue weighted by atomic mass is 9.53. The van der Waals surface area contributed by atoms with Crippen LogP contribution < -0.4 is 5.32 Å². The third kappa shape index (κ3) is 3.56. The number of nitrogens with one attached hydrogen (secondary N) is 1. The molecule has 5 heteroatoms. The normalized spacial score (nSPS) is 36.6. The zero-order valence-electron chi connectivity index (χ0n) is 16.6. The minimum atomic E-state index is -0.0607. The molecule has 1 aliphatic heterocycles. The molecule has 1 aromatic heterocycles. The van der Waals surface area contributed by atoms with Crippen LogP contribution in [0.1, 0.15) is 57.1 Å². The minimum Gasteiger partial charge on any atom is -0.350 e. The van der Waals surface area contributed by atoms with Crippen molar-refractivity contribution in [2.75, 3.05) is 13.1 Å². The average molecular weight is 382 g/mol. The number of carbonyl (C=O) groups is 2. The monoisotopic (exact) mass is 381 g/mol. The maximum Gasteiger partial charge on any atom is 0.225 e. The molecule has 2 heterocycles. The van der Waals surface area contributed by atoms with Crippen molar-refractivity contribution in [2.45, 2.75) is 63.3 Å². The Morgan fingerprint density at radius 3 is 2.50 bits per heavy atom. The summed E-state index contributed by atoms with van der Waals surface area (Å²) in [6, 6.07) is 5.87. The molecular weight excluding hydrogens is 350 g/mol. The number of piperidine rings is 1. The molecule has 5 aliphatic rings. The summed E-state index contributed by atoms with van der Waals surface area (Å²) in [6.07, 6.45) is 11.4. The summed E-state index contributed by atoms with van der Waals surface area (Å²) >= 11 is 0. The van der Waals surface area contributed by atoms with E-state index in [1.54, 1.807) is 6.20 Å². The summed E-state index contributed by atoms with van der Waals surface area (Å²) in [5, 5.41) is 3.51. The van der Waals surface area contributed by atoms with E-state index >= 15 is 0 Å². The molecule has 1 saturated heterocycles. The Bertz CT molecular complexity index is 712. The highest BCUT2D eigenvalue weighted by Gasteiger charge is 2.52. The van der Waals surface area contributed by atoms with E-state index < -0.39 is 0 Å². The maximum absolute atomic E-state index is 13.1. The second kappa shape index (κ2) is 7.16. The molecule has 4 aliphatic carbocycles. The first-order valence-electron chi connectivity index (χ1n) is 11.1. The van der Waals surface area contributed by atoms with Gasteiger partial charge in [0, 0.05) is 43.4 Å². The van der Waals surface area contributed by atoms with Gasteiger partial charge in [-0.1, -0.05) is 6.07 Å². The highest BCUT2D eigenvalue weighted by Crippen LogP contribution is 2.55. The van der Waals surface area contributed by atoms with Crippen LogP contribution in [-0.4, -0.2) is 40.3 Å². The van der Waals surface area contributed by atoms with Crippen LogP contribution in [0.25, 0.3) is 0 Å². The van der Waals surface area contributed by atoms with Gasteiger partial charge in [0.25, 0.3) is 0 Å². The highest BCUT2D eigenvalue weighted by molar-refractivity contribution is 5.84. The molecule has 0 radical (unpaired) electrons. The molecule has 1 atom stereocenters. The standard InChI is InChI=1S/C23H31N3O2/c27-21-5-4-19(15-26(21)8-6-20-3-1-2-7-24-20)22(28)25-23-12-16-9-17(13-23)11-18(10-16)14-23/h1-3,7,16-19H,4-6,8-15H2,(H,25,28)/t16?,17?,18?,19-,23?/m1/s1. The Labute approximate surface area is 167 Å². The van der Waals surface area contributed by atoms with Crippen LogP contribution in [0.2, 0.25) is 0 Å². The first-order chi connectivity index (χ1) is 13.6. The molecule has 4 bridgehead atoms. The number of aromatic nitrogens is 1. The van der Waals surface area contributed by atoms with Gasteiger partial charge in [0.05, 0.1) is 5.92 Å². The molecule has 150 valence electrons. The number of likely N-dealkylation sites (tertiary alicyclic amines) is 1. The summed E-state index contributed by atoms with van der Waals surface area (Å²) in [4.78, 5) is 31.7. The Hall–Kier alpha value is -1.91. The molecule has 4 saturated carbocycles. The van der Waals surface area contributed by atoms with Gasteiger partial charge in [0.1, 0.15) is 0 Å². The van der Waals surface area contributed by atoms with Gasteiger partial charge in [-0.05, 0) is 74.8 Å². The van der Waals surface area contributed by atoms with Crippen LogP contribution in [0.15, 0.2) is 24.4 Å². The van der Waals surface area contributed by atoms with Crippen LogP contribution in [0.4, 0.5) is 0 Å². The number of amides is 2. The predicted octanol–water partition coefficient (Wildman–Crippen LogP) is 2.95. The van der Waals surface area contributed by atoms with Crippen molar-refractivity contribution in [1.29, 1.82) is 0 Å². The largest absolute Gasteiger partial charge is 0.350 e. The number of rotatable bonds is 5. The van der Waals surface area contributed by atoms with Gasteiger partial charge in [-0.25, -0.2) is 0 Å². The van der Waals surface area contributed by atoms with Crippen molar-refractivity contribution in [3.63, 3.8) is 0 Å². The van der Waals surface area contributed by atoms with Gasteiger partial charge in [-0.2, -0.15) is 0 Å². The number of hydrogen-bond acceptors (Lipinski definition) is 3. The minimum absolute atomic E-state index is 0.0607. The third-order valence-electron chi connectivity index (χ3n) is 7.66. The number of hydrogen-bond donors (Lipinski definition) is 1. The summed E-state index contributed by atoms with van der Waals surface area (Å²) < 4.78 is 0. The topological polar surface area (TPSA) is 62.3 Å². The lowest BCUT2D eigenvalue weighted by Gasteiger charge is -2.57. The molecule has 5 nitrogen and oxygen atoms in total. The van der Waals surface area contributed by atoms with E-state index in [0.717, 1.165) is 29.9 Å². The lowest BCUT2D eigenvalue weighted by Crippen LogP contribution is -2.61. The molecule has 6 rings (SSSR count). The summed E-state index contributed by atoms with van der Waals surface area (Å²) in [7, 11) is 0. The molecule has 1 N–H and O–H groups in total. The number of carbonyl (C=O) groups excluding carboxylic acids is 2. The molecular formula is C23H31N3O2. The SMILES string of the molecule is O=C(NC12CC3CC(CC(C3)C1)C2)[C@@H]1CCC(=O)N(CCc2ccccn2)C1. The molecule has 0 aromatic carbocycles. The van der Waals surface area contributed by atoms with E-state index in [1.165, 1.54) is 38.5 Å². The van der Waals surface area contributed by atoms with E-state index in [4.69, 9.17) is 0 Å². The van der Waals surface area contributed by atoms with E-state index in [2.05, 4.69) is 10.3 Å². The Balaban J connectivity index is 1.20. The fraction of sp³-hybridized carbons (Fsp3) is 0.696. The van der Waals surface area contributed by atoms with E-state index in [1.807, 2.05) is 23.1 Å². The van der Waals surface area contributed by atoms with Crippen molar-refractivity contribution in [2.24, 2.45) is 23.7 Å². The van der Waals surface area contributed by atoms with Crippen molar-refractivity contribution < 1.29 is 9.59 Å². The van der Waals surface area contributed by atoms with Gasteiger partial charge in [0.15, 0.2) is 0 Å². The van der Waals surface area contributed by atoms with Crippen molar-refractivity contribution in [1.82, 2.24) is 15.2 Å². The molecule has 28 heavy (non-hydrogen) atoms. The number of nitrogens with zero attached hydrogens (tertiary/aromatic N) is 2. The zero-order chi connectivity index (χ0) is 19.1. The zero-order valence-corrected chi connectivity index (χ0v) is 16.6. The Morgan fingerprint density at radius 2 is 1.86 bits per heavy atom. The summed E-state index contributed by atoms with van der Waals surface area (Å²) in [5.41, 5.74) is 1.06. The first kappa shape index (κ1) is 18.1. The van der Waals surface area contributed by atoms with Crippen molar-refractivity contribution in [3.05, 3.63) is 30.1 Å². The maximum atomic E-state index is 13.1. The van der Waals surface area contributed by atoms with E-state index in [9.17, 15) is 9.59 Å². The van der Waals surface area contributed by atoms with Gasteiger partial charge < -0.3 is 10.2 Å². The van der Waals surface area contributed by atoms with E-state index in [0.29, 0.717) is 25.9 Å². The van der Waals surface area contributed by atoms with Crippen LogP contribution in [0.5, 0.6) is 0 Å². The predicted molar refractivity (Wildman–Crippen MR) is 106 cm³/mol. The van der Waals surface area contributed by atoms with Gasteiger partial charge in [-0.3, -0.25) is 14.6 Å². The molecule has 2 amide bonds. The Morgan fingerprint density at radius 1 is 1.14 bits per heavy atom. The fourth-order valence-electron chi connectivity index (χ4n) is 6.77. The van der Waals surface area contributed by atoms with Gasteiger partial charge >= 0.3 is 0 Å². The quantitative estimate of drug-likeness (QED) is 0.853. The van der Waals surface area contributed by atoms with Crippen LogP contribution in [0, 0.1) is 23.7 Å². The van der Waals surface area contributed by atoms with Gasteiger partial charge in [-0.15, -0.1) is 0 Å².